The third-order valence-electron chi connectivity index (χ3n) is 3.52. The van der Waals surface area contributed by atoms with Gasteiger partial charge < -0.3 is 14.8 Å². The zero-order valence-corrected chi connectivity index (χ0v) is 11.8. The zero-order valence-electron chi connectivity index (χ0n) is 11.8. The molecule has 6 heteroatoms. The Morgan fingerprint density at radius 1 is 1.38 bits per heavy atom. The van der Waals surface area contributed by atoms with E-state index in [1.165, 1.54) is 23.0 Å². The number of carbonyl (C=O) groups is 1. The van der Waals surface area contributed by atoms with Gasteiger partial charge in [0, 0.05) is 31.1 Å². The van der Waals surface area contributed by atoms with Crippen LogP contribution in [0.4, 0.5) is 0 Å². The molecule has 0 fully saturated rings. The Kier molecular flexibility index (Phi) is 4.07. The van der Waals surface area contributed by atoms with Gasteiger partial charge >= 0.3 is 5.97 Å². The standard InChI is InChI=1S/C15H16N2O4/c1-9-7-12(18)14(15(21)17(9)2)11(8-13(19)20)10-3-5-16-6-4-10/h3-7,11,18H,8H2,1-2H3,(H,19,20)/t11-/m1/s1. The molecule has 0 unspecified atom stereocenters. The highest BCUT2D eigenvalue weighted by Gasteiger charge is 2.25. The molecule has 0 radical (unpaired) electrons. The number of aliphatic carboxylic acids is 1. The van der Waals surface area contributed by atoms with E-state index in [-0.39, 0.29) is 17.7 Å². The van der Waals surface area contributed by atoms with Crippen LogP contribution >= 0.6 is 0 Å². The van der Waals surface area contributed by atoms with Gasteiger partial charge in [-0.05, 0) is 30.7 Å². The molecule has 2 rings (SSSR count). The molecule has 0 bridgehead atoms. The van der Waals surface area contributed by atoms with Crippen molar-refractivity contribution in [1.29, 1.82) is 0 Å². The summed E-state index contributed by atoms with van der Waals surface area (Å²) in [5.74, 6) is -1.94. The van der Waals surface area contributed by atoms with E-state index in [2.05, 4.69) is 4.98 Å². The first-order chi connectivity index (χ1) is 9.91. The molecule has 0 aliphatic carbocycles. The summed E-state index contributed by atoms with van der Waals surface area (Å²) in [6.07, 6.45) is 2.77. The van der Waals surface area contributed by atoms with E-state index < -0.39 is 17.4 Å². The topological polar surface area (TPSA) is 92.4 Å². The molecule has 2 aromatic heterocycles. The summed E-state index contributed by atoms with van der Waals surface area (Å²) in [5, 5.41) is 19.2. The first-order valence-corrected chi connectivity index (χ1v) is 6.43. The van der Waals surface area contributed by atoms with Crippen LogP contribution in [0.5, 0.6) is 5.75 Å². The van der Waals surface area contributed by atoms with E-state index in [0.717, 1.165) is 0 Å². The Hall–Kier alpha value is -2.63. The molecule has 6 nitrogen and oxygen atoms in total. The molecule has 0 aliphatic rings. The molecule has 110 valence electrons. The minimum Gasteiger partial charge on any atom is -0.507 e. The van der Waals surface area contributed by atoms with Gasteiger partial charge in [0.1, 0.15) is 5.75 Å². The van der Waals surface area contributed by atoms with Crippen molar-refractivity contribution in [1.82, 2.24) is 9.55 Å². The maximum absolute atomic E-state index is 12.4. The zero-order chi connectivity index (χ0) is 15.6. The van der Waals surface area contributed by atoms with Crippen molar-refractivity contribution in [3.8, 4) is 5.75 Å². The molecule has 0 saturated carbocycles. The second-order valence-electron chi connectivity index (χ2n) is 4.88. The quantitative estimate of drug-likeness (QED) is 0.887. The summed E-state index contributed by atoms with van der Waals surface area (Å²) in [4.78, 5) is 27.4. The SMILES string of the molecule is Cc1cc(O)c([C@H](CC(=O)O)c2ccncc2)c(=O)n1C. The van der Waals surface area contributed by atoms with E-state index in [9.17, 15) is 14.7 Å². The average Bonchev–Trinajstić information content (AvgIpc) is 2.44. The Morgan fingerprint density at radius 3 is 2.57 bits per heavy atom. The monoisotopic (exact) mass is 288 g/mol. The van der Waals surface area contributed by atoms with Crippen molar-refractivity contribution in [3.63, 3.8) is 0 Å². The van der Waals surface area contributed by atoms with E-state index in [4.69, 9.17) is 5.11 Å². The number of carboxylic acids is 1. The van der Waals surface area contributed by atoms with E-state index in [0.29, 0.717) is 11.3 Å². The van der Waals surface area contributed by atoms with Crippen LogP contribution in [0.15, 0.2) is 35.4 Å². The number of aryl methyl sites for hydroxylation is 1. The summed E-state index contributed by atoms with van der Waals surface area (Å²) in [7, 11) is 1.59. The predicted molar refractivity (Wildman–Crippen MR) is 76.4 cm³/mol. The van der Waals surface area contributed by atoms with E-state index >= 15 is 0 Å². The van der Waals surface area contributed by atoms with Crippen molar-refractivity contribution in [2.75, 3.05) is 0 Å². The summed E-state index contributed by atoms with van der Waals surface area (Å²) in [6, 6.07) is 4.76. The lowest BCUT2D eigenvalue weighted by Gasteiger charge is -2.18. The molecule has 0 aromatic carbocycles. The van der Waals surface area contributed by atoms with Gasteiger partial charge in [-0.2, -0.15) is 0 Å². The van der Waals surface area contributed by atoms with Gasteiger partial charge in [0.2, 0.25) is 0 Å². The number of aromatic nitrogens is 2. The first kappa shape index (κ1) is 14.8. The molecule has 0 spiro atoms. The summed E-state index contributed by atoms with van der Waals surface area (Å²) in [5.41, 5.74) is 0.931. The normalized spacial score (nSPS) is 12.1. The largest absolute Gasteiger partial charge is 0.507 e. The molecule has 1 atom stereocenters. The van der Waals surface area contributed by atoms with Crippen LogP contribution in [0, 0.1) is 6.92 Å². The van der Waals surface area contributed by atoms with Gasteiger partial charge in [-0.3, -0.25) is 14.6 Å². The van der Waals surface area contributed by atoms with E-state index in [1.54, 1.807) is 26.1 Å². The van der Waals surface area contributed by atoms with Crippen LogP contribution in [-0.4, -0.2) is 25.7 Å². The average molecular weight is 288 g/mol. The number of pyridine rings is 2. The van der Waals surface area contributed by atoms with Gasteiger partial charge in [0.05, 0.1) is 12.0 Å². The third kappa shape index (κ3) is 2.94. The van der Waals surface area contributed by atoms with E-state index in [1.807, 2.05) is 0 Å². The lowest BCUT2D eigenvalue weighted by atomic mass is 9.89. The molecule has 2 aromatic rings. The highest BCUT2D eigenvalue weighted by molar-refractivity contribution is 5.69. The fraction of sp³-hybridized carbons (Fsp3) is 0.267. The number of hydrogen-bond donors (Lipinski definition) is 2. The second-order valence-corrected chi connectivity index (χ2v) is 4.88. The van der Waals surface area contributed by atoms with Gasteiger partial charge in [0.25, 0.3) is 5.56 Å². The Bertz CT molecular complexity index is 722. The Labute approximate surface area is 121 Å². The highest BCUT2D eigenvalue weighted by atomic mass is 16.4. The van der Waals surface area contributed by atoms with Gasteiger partial charge in [-0.25, -0.2) is 0 Å². The number of carboxylic acid groups (broad SMARTS) is 1. The highest BCUT2D eigenvalue weighted by Crippen LogP contribution is 2.31. The molecule has 2 N–H and O–H groups in total. The number of aromatic hydroxyl groups is 1. The van der Waals surface area contributed by atoms with Crippen molar-refractivity contribution in [2.45, 2.75) is 19.3 Å². The van der Waals surface area contributed by atoms with Crippen LogP contribution in [0.1, 0.15) is 29.2 Å². The van der Waals surface area contributed by atoms with Gasteiger partial charge in [0.15, 0.2) is 0 Å². The lowest BCUT2D eigenvalue weighted by molar-refractivity contribution is -0.137. The van der Waals surface area contributed by atoms with Crippen molar-refractivity contribution >= 4 is 5.97 Å². The molecular formula is C15H16N2O4. The molecule has 21 heavy (non-hydrogen) atoms. The predicted octanol–water partition coefficient (Wildman–Crippen LogP) is 1.40. The fourth-order valence-electron chi connectivity index (χ4n) is 2.31. The number of hydrogen-bond acceptors (Lipinski definition) is 4. The Balaban J connectivity index is 2.66. The van der Waals surface area contributed by atoms with Crippen molar-refractivity contribution in [3.05, 3.63) is 57.8 Å². The van der Waals surface area contributed by atoms with Crippen molar-refractivity contribution in [2.24, 2.45) is 7.05 Å². The molecular weight excluding hydrogens is 272 g/mol. The van der Waals surface area contributed by atoms with Gasteiger partial charge in [-0.1, -0.05) is 0 Å². The third-order valence-corrected chi connectivity index (χ3v) is 3.52. The smallest absolute Gasteiger partial charge is 0.304 e. The molecule has 0 saturated heterocycles. The fourth-order valence-corrected chi connectivity index (χ4v) is 2.31. The summed E-state index contributed by atoms with van der Waals surface area (Å²) in [6.45, 7) is 1.70. The number of rotatable bonds is 4. The maximum Gasteiger partial charge on any atom is 0.304 e. The molecule has 0 amide bonds. The second kappa shape index (κ2) is 5.78. The first-order valence-electron chi connectivity index (χ1n) is 6.43. The summed E-state index contributed by atoms with van der Waals surface area (Å²) >= 11 is 0. The lowest BCUT2D eigenvalue weighted by Crippen LogP contribution is -2.26. The van der Waals surface area contributed by atoms with Crippen LogP contribution in [0.2, 0.25) is 0 Å². The minimum atomic E-state index is -1.04. The molecule has 0 aliphatic heterocycles. The van der Waals surface area contributed by atoms with Crippen LogP contribution in [0.3, 0.4) is 0 Å². The van der Waals surface area contributed by atoms with Crippen LogP contribution in [0.25, 0.3) is 0 Å². The maximum atomic E-state index is 12.4. The number of nitrogens with zero attached hydrogens (tertiary/aromatic N) is 2. The minimum absolute atomic E-state index is 0.0942. The van der Waals surface area contributed by atoms with Crippen LogP contribution < -0.4 is 5.56 Å². The molecule has 2 heterocycles. The van der Waals surface area contributed by atoms with Crippen molar-refractivity contribution < 1.29 is 15.0 Å². The van der Waals surface area contributed by atoms with Crippen LogP contribution in [-0.2, 0) is 11.8 Å². The van der Waals surface area contributed by atoms with Gasteiger partial charge in [-0.15, -0.1) is 0 Å². The summed E-state index contributed by atoms with van der Waals surface area (Å²) < 4.78 is 1.39. The Morgan fingerprint density at radius 2 is 2.00 bits per heavy atom.